The van der Waals surface area contributed by atoms with E-state index in [0.717, 1.165) is 29.2 Å². The molecule has 1 aliphatic rings. The first-order chi connectivity index (χ1) is 7.77. The number of thioether (sulfide) groups is 1. The summed E-state index contributed by atoms with van der Waals surface area (Å²) in [5.74, 6) is 1.53. The SMILES string of the molecule is N=C(CSc1ccccc1Br)N1CCCC1. The molecule has 86 valence electrons. The van der Waals surface area contributed by atoms with Crippen molar-refractivity contribution in [1.82, 2.24) is 4.90 Å². The maximum absolute atomic E-state index is 8.00. The van der Waals surface area contributed by atoms with Crippen LogP contribution in [0.25, 0.3) is 0 Å². The minimum Gasteiger partial charge on any atom is -0.360 e. The van der Waals surface area contributed by atoms with Crippen molar-refractivity contribution in [3.8, 4) is 0 Å². The van der Waals surface area contributed by atoms with Crippen LogP contribution in [0.1, 0.15) is 12.8 Å². The first-order valence-corrected chi connectivity index (χ1v) is 7.25. The van der Waals surface area contributed by atoms with Crippen molar-refractivity contribution in [2.45, 2.75) is 17.7 Å². The van der Waals surface area contributed by atoms with Gasteiger partial charge in [-0.15, -0.1) is 11.8 Å². The van der Waals surface area contributed by atoms with Crippen LogP contribution in [0.5, 0.6) is 0 Å². The van der Waals surface area contributed by atoms with Gasteiger partial charge in [0.2, 0.25) is 0 Å². The van der Waals surface area contributed by atoms with Crippen LogP contribution in [0.2, 0.25) is 0 Å². The van der Waals surface area contributed by atoms with E-state index < -0.39 is 0 Å². The van der Waals surface area contributed by atoms with Crippen LogP contribution < -0.4 is 0 Å². The quantitative estimate of drug-likeness (QED) is 0.524. The Morgan fingerprint density at radius 1 is 1.31 bits per heavy atom. The van der Waals surface area contributed by atoms with Gasteiger partial charge >= 0.3 is 0 Å². The summed E-state index contributed by atoms with van der Waals surface area (Å²) in [6.45, 7) is 2.13. The third-order valence-electron chi connectivity index (χ3n) is 2.69. The number of nitrogens with zero attached hydrogens (tertiary/aromatic N) is 1. The molecule has 1 fully saturated rings. The Bertz CT molecular complexity index is 375. The van der Waals surface area contributed by atoms with Gasteiger partial charge in [-0.05, 0) is 40.9 Å². The molecule has 0 aromatic heterocycles. The van der Waals surface area contributed by atoms with Gasteiger partial charge in [0.05, 0.1) is 5.75 Å². The minimum atomic E-state index is 0.762. The summed E-state index contributed by atoms with van der Waals surface area (Å²) in [7, 11) is 0. The highest BCUT2D eigenvalue weighted by Crippen LogP contribution is 2.27. The number of nitrogens with one attached hydrogen (secondary N) is 1. The largest absolute Gasteiger partial charge is 0.360 e. The van der Waals surface area contributed by atoms with E-state index in [1.165, 1.54) is 17.7 Å². The zero-order valence-electron chi connectivity index (χ0n) is 9.08. The molecule has 0 aliphatic carbocycles. The van der Waals surface area contributed by atoms with Crippen LogP contribution in [0.3, 0.4) is 0 Å². The summed E-state index contributed by atoms with van der Waals surface area (Å²) < 4.78 is 1.12. The van der Waals surface area contributed by atoms with Gasteiger partial charge in [-0.1, -0.05) is 12.1 Å². The molecule has 1 aromatic carbocycles. The van der Waals surface area contributed by atoms with E-state index in [1.807, 2.05) is 18.2 Å². The van der Waals surface area contributed by atoms with Crippen molar-refractivity contribution in [2.24, 2.45) is 0 Å². The van der Waals surface area contributed by atoms with Crippen LogP contribution >= 0.6 is 27.7 Å². The lowest BCUT2D eigenvalue weighted by Gasteiger charge is -2.18. The predicted octanol–water partition coefficient (Wildman–Crippen LogP) is 3.61. The van der Waals surface area contributed by atoms with Crippen molar-refractivity contribution in [3.05, 3.63) is 28.7 Å². The molecule has 0 bridgehead atoms. The standard InChI is InChI=1S/C12H15BrN2S/c13-10-5-1-2-6-11(10)16-9-12(14)15-7-3-4-8-15/h1-2,5-6,14H,3-4,7-9H2. The van der Waals surface area contributed by atoms with E-state index in [0.29, 0.717) is 0 Å². The maximum atomic E-state index is 8.00. The maximum Gasteiger partial charge on any atom is 0.106 e. The number of halogens is 1. The fourth-order valence-corrected chi connectivity index (χ4v) is 3.27. The highest BCUT2D eigenvalue weighted by atomic mass is 79.9. The van der Waals surface area contributed by atoms with Crippen molar-refractivity contribution >= 4 is 33.5 Å². The smallest absolute Gasteiger partial charge is 0.106 e. The van der Waals surface area contributed by atoms with Crippen LogP contribution in [0.4, 0.5) is 0 Å². The van der Waals surface area contributed by atoms with Gasteiger partial charge in [-0.2, -0.15) is 0 Å². The fourth-order valence-electron chi connectivity index (χ4n) is 1.79. The first-order valence-electron chi connectivity index (χ1n) is 5.47. The van der Waals surface area contributed by atoms with Crippen LogP contribution in [-0.2, 0) is 0 Å². The van der Waals surface area contributed by atoms with E-state index in [2.05, 4.69) is 26.9 Å². The van der Waals surface area contributed by atoms with Crippen LogP contribution in [0, 0.1) is 5.41 Å². The minimum absolute atomic E-state index is 0.762. The summed E-state index contributed by atoms with van der Waals surface area (Å²) in [6.07, 6.45) is 2.48. The number of hydrogen-bond donors (Lipinski definition) is 1. The summed E-state index contributed by atoms with van der Waals surface area (Å²) in [5.41, 5.74) is 0. The van der Waals surface area contributed by atoms with Gasteiger partial charge in [0.1, 0.15) is 5.84 Å². The second-order valence-corrected chi connectivity index (χ2v) is 5.73. The predicted molar refractivity (Wildman–Crippen MR) is 73.4 cm³/mol. The molecule has 0 atom stereocenters. The number of rotatable bonds is 3. The van der Waals surface area contributed by atoms with Gasteiger partial charge in [0, 0.05) is 22.5 Å². The summed E-state index contributed by atoms with van der Waals surface area (Å²) in [5, 5.41) is 8.00. The monoisotopic (exact) mass is 298 g/mol. The highest BCUT2D eigenvalue weighted by Gasteiger charge is 2.14. The topological polar surface area (TPSA) is 27.1 Å². The van der Waals surface area contributed by atoms with Gasteiger partial charge < -0.3 is 4.90 Å². The molecule has 4 heteroatoms. The molecular formula is C12H15BrN2S. The van der Waals surface area contributed by atoms with E-state index in [1.54, 1.807) is 11.8 Å². The molecule has 1 aliphatic heterocycles. The third-order valence-corrected chi connectivity index (χ3v) is 4.73. The highest BCUT2D eigenvalue weighted by molar-refractivity contribution is 9.10. The van der Waals surface area contributed by atoms with E-state index >= 15 is 0 Å². The summed E-state index contributed by atoms with van der Waals surface area (Å²) in [4.78, 5) is 3.40. The molecule has 0 spiro atoms. The Hall–Kier alpha value is -0.480. The third kappa shape index (κ3) is 3.01. The fraction of sp³-hybridized carbons (Fsp3) is 0.417. The second-order valence-electron chi connectivity index (χ2n) is 3.86. The number of amidine groups is 1. The number of likely N-dealkylation sites (tertiary alicyclic amines) is 1. The lowest BCUT2D eigenvalue weighted by molar-refractivity contribution is 0.514. The Kier molecular flexibility index (Phi) is 4.29. The van der Waals surface area contributed by atoms with E-state index in [-0.39, 0.29) is 0 Å². The molecule has 0 saturated carbocycles. The first kappa shape index (κ1) is 12.0. The molecule has 0 radical (unpaired) electrons. The van der Waals surface area contributed by atoms with Gasteiger partial charge in [-0.25, -0.2) is 0 Å². The normalized spacial score (nSPS) is 15.4. The molecule has 0 unspecified atom stereocenters. The number of benzene rings is 1. The molecule has 1 saturated heterocycles. The lowest BCUT2D eigenvalue weighted by atomic mass is 10.4. The molecule has 1 N–H and O–H groups in total. The molecule has 0 amide bonds. The zero-order valence-corrected chi connectivity index (χ0v) is 11.5. The molecule has 1 heterocycles. The van der Waals surface area contributed by atoms with Gasteiger partial charge in [0.25, 0.3) is 0 Å². The lowest BCUT2D eigenvalue weighted by Crippen LogP contribution is -2.28. The molecule has 2 rings (SSSR count). The summed E-state index contributed by atoms with van der Waals surface area (Å²) in [6, 6.07) is 8.18. The Morgan fingerprint density at radius 3 is 2.69 bits per heavy atom. The average molecular weight is 299 g/mol. The Labute approximate surface area is 109 Å². The van der Waals surface area contributed by atoms with Crippen molar-refractivity contribution in [2.75, 3.05) is 18.8 Å². The molecule has 2 nitrogen and oxygen atoms in total. The zero-order chi connectivity index (χ0) is 11.4. The van der Waals surface area contributed by atoms with E-state index in [4.69, 9.17) is 5.41 Å². The number of hydrogen-bond acceptors (Lipinski definition) is 2. The van der Waals surface area contributed by atoms with Crippen molar-refractivity contribution in [3.63, 3.8) is 0 Å². The van der Waals surface area contributed by atoms with Gasteiger partial charge in [0.15, 0.2) is 0 Å². The van der Waals surface area contributed by atoms with Crippen molar-refractivity contribution < 1.29 is 0 Å². The van der Waals surface area contributed by atoms with E-state index in [9.17, 15) is 0 Å². The molecule has 1 aromatic rings. The Balaban J connectivity index is 1.87. The molecule has 16 heavy (non-hydrogen) atoms. The Morgan fingerprint density at radius 2 is 2.00 bits per heavy atom. The summed E-state index contributed by atoms with van der Waals surface area (Å²) >= 11 is 5.25. The average Bonchev–Trinajstić information content (AvgIpc) is 2.81. The van der Waals surface area contributed by atoms with Crippen molar-refractivity contribution in [1.29, 1.82) is 5.41 Å². The van der Waals surface area contributed by atoms with Gasteiger partial charge in [-0.3, -0.25) is 5.41 Å². The van der Waals surface area contributed by atoms with Crippen LogP contribution in [0.15, 0.2) is 33.6 Å². The molecular weight excluding hydrogens is 284 g/mol. The van der Waals surface area contributed by atoms with Crippen LogP contribution in [-0.4, -0.2) is 29.6 Å². The second kappa shape index (κ2) is 5.73.